The smallest absolute Gasteiger partial charge is 0.407 e. The van der Waals surface area contributed by atoms with Crippen LogP contribution in [0, 0.1) is 0 Å². The zero-order valence-electron chi connectivity index (χ0n) is 14.8. The molecule has 7 heteroatoms. The van der Waals surface area contributed by atoms with Crippen molar-refractivity contribution in [1.82, 2.24) is 10.6 Å². The van der Waals surface area contributed by atoms with Crippen molar-refractivity contribution < 1.29 is 23.9 Å². The number of hydrogen-bond donors (Lipinski definition) is 2. The number of rotatable bonds is 2. The number of carbonyl (C=O) groups is 3. The maximum atomic E-state index is 11.9. The molecule has 1 saturated carbocycles. The highest BCUT2D eigenvalue weighted by molar-refractivity contribution is 5.81. The van der Waals surface area contributed by atoms with Crippen molar-refractivity contribution in [3.63, 3.8) is 0 Å². The maximum absolute atomic E-state index is 11.9. The summed E-state index contributed by atoms with van der Waals surface area (Å²) in [4.78, 5) is 35.5. The van der Waals surface area contributed by atoms with Crippen molar-refractivity contribution in [2.45, 2.75) is 84.1 Å². The van der Waals surface area contributed by atoms with Gasteiger partial charge in [0.25, 0.3) is 0 Å². The molecule has 0 aromatic carbocycles. The molecule has 1 aliphatic rings. The number of ketones is 1. The van der Waals surface area contributed by atoms with E-state index in [0.29, 0.717) is 12.8 Å². The minimum Gasteiger partial charge on any atom is -0.444 e. The minimum absolute atomic E-state index is 0.0493. The first kappa shape index (κ1) is 19.3. The summed E-state index contributed by atoms with van der Waals surface area (Å²) >= 11 is 0. The average molecular weight is 328 g/mol. The summed E-state index contributed by atoms with van der Waals surface area (Å²) in [6.45, 7) is 10.6. The first-order valence-electron chi connectivity index (χ1n) is 7.86. The molecule has 0 bridgehead atoms. The Kier molecular flexibility index (Phi) is 6.02. The molecular weight excluding hydrogens is 300 g/mol. The van der Waals surface area contributed by atoms with Crippen LogP contribution in [0.4, 0.5) is 9.59 Å². The molecule has 0 heterocycles. The van der Waals surface area contributed by atoms with Gasteiger partial charge >= 0.3 is 12.2 Å². The SMILES string of the molecule is CC(C)(C)OC(=O)N[C@H]1CC(=O)CC[C@H]1NC(=O)OC(C)(C)C. The maximum Gasteiger partial charge on any atom is 0.407 e. The molecule has 2 atom stereocenters. The van der Waals surface area contributed by atoms with E-state index in [-0.39, 0.29) is 18.2 Å². The lowest BCUT2D eigenvalue weighted by molar-refractivity contribution is -0.121. The largest absolute Gasteiger partial charge is 0.444 e. The van der Waals surface area contributed by atoms with Gasteiger partial charge in [0.2, 0.25) is 0 Å². The lowest BCUT2D eigenvalue weighted by Gasteiger charge is -2.33. The summed E-state index contributed by atoms with van der Waals surface area (Å²) in [7, 11) is 0. The van der Waals surface area contributed by atoms with E-state index >= 15 is 0 Å². The van der Waals surface area contributed by atoms with E-state index < -0.39 is 29.4 Å². The van der Waals surface area contributed by atoms with Crippen LogP contribution in [0.2, 0.25) is 0 Å². The third-order valence-electron chi connectivity index (χ3n) is 3.07. The fourth-order valence-electron chi connectivity index (χ4n) is 2.25. The summed E-state index contributed by atoms with van der Waals surface area (Å²) in [5, 5.41) is 5.40. The fraction of sp³-hybridized carbons (Fsp3) is 0.812. The van der Waals surface area contributed by atoms with E-state index in [1.165, 1.54) is 0 Å². The molecule has 0 aromatic rings. The molecule has 7 nitrogen and oxygen atoms in total. The van der Waals surface area contributed by atoms with E-state index in [1.54, 1.807) is 41.5 Å². The third-order valence-corrected chi connectivity index (χ3v) is 3.07. The summed E-state index contributed by atoms with van der Waals surface area (Å²) in [5.41, 5.74) is -1.24. The number of hydrogen-bond acceptors (Lipinski definition) is 5. The van der Waals surface area contributed by atoms with Gasteiger partial charge in [-0.05, 0) is 48.0 Å². The second-order valence-electron chi connectivity index (χ2n) is 7.79. The second kappa shape index (κ2) is 7.19. The number of carbonyl (C=O) groups excluding carboxylic acids is 3. The Hall–Kier alpha value is -1.79. The topological polar surface area (TPSA) is 93.7 Å². The van der Waals surface area contributed by atoms with E-state index in [4.69, 9.17) is 9.47 Å². The summed E-state index contributed by atoms with van der Waals surface area (Å²) in [5.74, 6) is 0.0493. The molecule has 132 valence electrons. The van der Waals surface area contributed by atoms with Crippen molar-refractivity contribution in [3.8, 4) is 0 Å². The van der Waals surface area contributed by atoms with Gasteiger partial charge in [0, 0.05) is 12.8 Å². The van der Waals surface area contributed by atoms with E-state index in [0.717, 1.165) is 0 Å². The lowest BCUT2D eigenvalue weighted by Crippen LogP contribution is -2.56. The summed E-state index contributed by atoms with van der Waals surface area (Å²) in [6.07, 6.45) is -0.174. The van der Waals surface area contributed by atoms with Crippen molar-refractivity contribution in [3.05, 3.63) is 0 Å². The highest BCUT2D eigenvalue weighted by atomic mass is 16.6. The molecule has 0 unspecified atom stereocenters. The molecule has 0 spiro atoms. The van der Waals surface area contributed by atoms with Crippen LogP contribution < -0.4 is 10.6 Å². The predicted molar refractivity (Wildman–Crippen MR) is 85.2 cm³/mol. The zero-order chi connectivity index (χ0) is 17.8. The van der Waals surface area contributed by atoms with Crippen LogP contribution in [-0.2, 0) is 14.3 Å². The third kappa shape index (κ3) is 7.85. The molecule has 1 rings (SSSR count). The number of nitrogens with one attached hydrogen (secondary N) is 2. The van der Waals surface area contributed by atoms with Gasteiger partial charge < -0.3 is 20.1 Å². The van der Waals surface area contributed by atoms with Crippen LogP contribution in [0.25, 0.3) is 0 Å². The highest BCUT2D eigenvalue weighted by Crippen LogP contribution is 2.18. The van der Waals surface area contributed by atoms with Crippen molar-refractivity contribution in [1.29, 1.82) is 0 Å². The Morgan fingerprint density at radius 2 is 1.35 bits per heavy atom. The first-order chi connectivity index (χ1) is 10.4. The summed E-state index contributed by atoms with van der Waals surface area (Å²) < 4.78 is 10.4. The van der Waals surface area contributed by atoms with Crippen molar-refractivity contribution >= 4 is 18.0 Å². The standard InChI is InChI=1S/C16H28N2O5/c1-15(2,3)22-13(20)17-11-8-7-10(19)9-12(11)18-14(21)23-16(4,5)6/h11-12H,7-9H2,1-6H3,(H,17,20)(H,18,21)/t11-,12+/m1/s1. The van der Waals surface area contributed by atoms with Gasteiger partial charge in [-0.3, -0.25) is 4.79 Å². The molecular formula is C16H28N2O5. The fourth-order valence-corrected chi connectivity index (χ4v) is 2.25. The number of amides is 2. The molecule has 1 fully saturated rings. The van der Waals surface area contributed by atoms with Gasteiger partial charge in [-0.15, -0.1) is 0 Å². The molecule has 0 saturated heterocycles. The molecule has 2 N–H and O–H groups in total. The van der Waals surface area contributed by atoms with Gasteiger partial charge in [-0.1, -0.05) is 0 Å². The lowest BCUT2D eigenvalue weighted by atomic mass is 9.89. The Labute approximate surface area is 137 Å². The van der Waals surface area contributed by atoms with Gasteiger partial charge in [0.1, 0.15) is 17.0 Å². The Morgan fingerprint density at radius 3 is 1.78 bits per heavy atom. The molecule has 0 aliphatic heterocycles. The zero-order valence-corrected chi connectivity index (χ0v) is 14.8. The number of Topliss-reactive ketones (excluding diaryl/α,β-unsaturated/α-hetero) is 1. The first-order valence-corrected chi connectivity index (χ1v) is 7.86. The molecule has 0 radical (unpaired) electrons. The second-order valence-corrected chi connectivity index (χ2v) is 7.79. The Balaban J connectivity index is 2.66. The highest BCUT2D eigenvalue weighted by Gasteiger charge is 2.33. The van der Waals surface area contributed by atoms with Crippen LogP contribution in [0.3, 0.4) is 0 Å². The molecule has 0 aromatic heterocycles. The van der Waals surface area contributed by atoms with Gasteiger partial charge in [0.05, 0.1) is 12.1 Å². The minimum atomic E-state index is -0.628. The Bertz CT molecular complexity index is 462. The van der Waals surface area contributed by atoms with Gasteiger partial charge in [-0.2, -0.15) is 0 Å². The quantitative estimate of drug-likeness (QED) is 0.812. The van der Waals surface area contributed by atoms with E-state index in [1.807, 2.05) is 0 Å². The van der Waals surface area contributed by atoms with E-state index in [2.05, 4.69) is 10.6 Å². The van der Waals surface area contributed by atoms with Crippen molar-refractivity contribution in [2.24, 2.45) is 0 Å². The predicted octanol–water partition coefficient (Wildman–Crippen LogP) is 2.53. The van der Waals surface area contributed by atoms with Gasteiger partial charge in [0.15, 0.2) is 0 Å². The summed E-state index contributed by atoms with van der Waals surface area (Å²) in [6, 6.07) is -0.867. The molecule has 23 heavy (non-hydrogen) atoms. The Morgan fingerprint density at radius 1 is 0.913 bits per heavy atom. The van der Waals surface area contributed by atoms with Gasteiger partial charge in [-0.25, -0.2) is 9.59 Å². The monoisotopic (exact) mass is 328 g/mol. The van der Waals surface area contributed by atoms with Crippen LogP contribution in [0.5, 0.6) is 0 Å². The molecule has 2 amide bonds. The molecule has 1 aliphatic carbocycles. The van der Waals surface area contributed by atoms with Crippen LogP contribution in [0.1, 0.15) is 60.8 Å². The van der Waals surface area contributed by atoms with Crippen LogP contribution in [-0.4, -0.2) is 41.3 Å². The van der Waals surface area contributed by atoms with Crippen molar-refractivity contribution in [2.75, 3.05) is 0 Å². The van der Waals surface area contributed by atoms with Crippen LogP contribution in [0.15, 0.2) is 0 Å². The van der Waals surface area contributed by atoms with Crippen LogP contribution >= 0.6 is 0 Å². The normalized spacial score (nSPS) is 22.3. The number of alkyl carbamates (subject to hydrolysis) is 2. The average Bonchev–Trinajstić information content (AvgIpc) is 2.27. The number of ether oxygens (including phenoxy) is 2. The van der Waals surface area contributed by atoms with E-state index in [9.17, 15) is 14.4 Å².